The first kappa shape index (κ1) is 8.24. The summed E-state index contributed by atoms with van der Waals surface area (Å²) < 4.78 is 0. The maximum absolute atomic E-state index is 4.19. The third kappa shape index (κ3) is 2.03. The van der Waals surface area contributed by atoms with Crippen molar-refractivity contribution in [1.29, 1.82) is 0 Å². The number of nitrogens with zero attached hydrogens (tertiary/aromatic N) is 3. The molecule has 0 saturated heterocycles. The molecule has 1 heterocycles. The van der Waals surface area contributed by atoms with Crippen molar-refractivity contribution >= 4 is 12.4 Å². The van der Waals surface area contributed by atoms with Crippen LogP contribution in [0.15, 0.2) is 10.2 Å². The highest BCUT2D eigenvalue weighted by molar-refractivity contribution is 5.88. The Morgan fingerprint density at radius 1 is 1.18 bits per heavy atom. The zero-order chi connectivity index (χ0) is 8.48. The molecule has 0 spiro atoms. The van der Waals surface area contributed by atoms with E-state index in [2.05, 4.69) is 37.9 Å². The molecule has 0 aromatic carbocycles. The van der Waals surface area contributed by atoms with Gasteiger partial charge in [-0.25, -0.2) is 0 Å². The van der Waals surface area contributed by atoms with Gasteiger partial charge < -0.3 is 0 Å². The Balaban J connectivity index is 2.65. The summed E-state index contributed by atoms with van der Waals surface area (Å²) in [7, 11) is 0. The minimum atomic E-state index is 0.0192. The number of hydrogen-bond acceptors (Lipinski definition) is 3. The van der Waals surface area contributed by atoms with Crippen LogP contribution in [0.5, 0.6) is 0 Å². The number of hydrogen-bond donors (Lipinski definition) is 0. The third-order valence-electron chi connectivity index (χ3n) is 1.48. The van der Waals surface area contributed by atoms with Crippen LogP contribution in [0.25, 0.3) is 0 Å². The highest BCUT2D eigenvalue weighted by Gasteiger charge is 2.17. The minimum absolute atomic E-state index is 0.0192. The molecule has 0 saturated carbocycles. The molecule has 0 aromatic heterocycles. The fourth-order valence-corrected chi connectivity index (χ4v) is 0.746. The molecule has 0 atom stereocenters. The van der Waals surface area contributed by atoms with E-state index in [1.807, 2.05) is 12.4 Å². The average Bonchev–Trinajstić information content (AvgIpc) is 1.86. The molecule has 0 bridgehead atoms. The molecular weight excluding hydrogens is 138 g/mol. The molecule has 1 aliphatic rings. The lowest BCUT2D eigenvalue weighted by atomic mass is 9.97. The van der Waals surface area contributed by atoms with Crippen molar-refractivity contribution < 1.29 is 0 Å². The number of hydrazone groups is 2. The van der Waals surface area contributed by atoms with Gasteiger partial charge in [0.15, 0.2) is 0 Å². The summed E-state index contributed by atoms with van der Waals surface area (Å²) in [6.07, 6.45) is 3.83. The van der Waals surface area contributed by atoms with Crippen LogP contribution in [-0.4, -0.2) is 23.6 Å². The second-order valence-electron chi connectivity index (χ2n) is 3.72. The summed E-state index contributed by atoms with van der Waals surface area (Å²) in [5, 5.41) is 10.1. The zero-order valence-electron chi connectivity index (χ0n) is 7.57. The van der Waals surface area contributed by atoms with E-state index in [1.165, 1.54) is 0 Å². The maximum atomic E-state index is 4.19. The summed E-state index contributed by atoms with van der Waals surface area (Å²) in [6.45, 7) is 8.29. The predicted molar refractivity (Wildman–Crippen MR) is 47.7 cm³/mol. The van der Waals surface area contributed by atoms with Crippen molar-refractivity contribution in [1.82, 2.24) is 5.12 Å². The Morgan fingerprint density at radius 2 is 1.64 bits per heavy atom. The number of rotatable bonds is 1. The Hall–Kier alpha value is -0.860. The molecule has 0 aliphatic carbocycles. The van der Waals surface area contributed by atoms with Crippen molar-refractivity contribution in [3.8, 4) is 0 Å². The van der Waals surface area contributed by atoms with E-state index < -0.39 is 0 Å². The molecule has 3 heteroatoms. The molecule has 0 N–H and O–H groups in total. The molecule has 11 heavy (non-hydrogen) atoms. The van der Waals surface area contributed by atoms with Gasteiger partial charge in [0, 0.05) is 17.8 Å². The Bertz CT molecular complexity index is 176. The van der Waals surface area contributed by atoms with Gasteiger partial charge in [0.2, 0.25) is 0 Å². The van der Waals surface area contributed by atoms with E-state index in [4.69, 9.17) is 0 Å². The average molecular weight is 153 g/mol. The molecule has 0 aromatic rings. The van der Waals surface area contributed by atoms with Crippen molar-refractivity contribution in [2.45, 2.75) is 33.7 Å². The summed E-state index contributed by atoms with van der Waals surface area (Å²) in [6, 6.07) is 0.346. The van der Waals surface area contributed by atoms with Gasteiger partial charge >= 0.3 is 0 Å². The lowest BCUT2D eigenvalue weighted by Gasteiger charge is -2.25. The Morgan fingerprint density at radius 3 is 2.00 bits per heavy atom. The summed E-state index contributed by atoms with van der Waals surface area (Å²) >= 11 is 0. The van der Waals surface area contributed by atoms with Gasteiger partial charge in [-0.3, -0.25) is 0 Å². The van der Waals surface area contributed by atoms with E-state index in [1.54, 1.807) is 5.12 Å². The second kappa shape index (κ2) is 2.64. The Labute approximate surface area is 67.8 Å². The summed E-state index contributed by atoms with van der Waals surface area (Å²) in [5.41, 5.74) is 0.0192. The van der Waals surface area contributed by atoms with Crippen molar-refractivity contribution in [2.75, 3.05) is 0 Å². The predicted octanol–water partition coefficient (Wildman–Crippen LogP) is 1.71. The van der Waals surface area contributed by atoms with Gasteiger partial charge in [0.1, 0.15) is 0 Å². The topological polar surface area (TPSA) is 28.0 Å². The van der Waals surface area contributed by atoms with Gasteiger partial charge in [-0.05, 0) is 27.7 Å². The van der Waals surface area contributed by atoms with Gasteiger partial charge in [-0.15, -0.1) is 0 Å². The maximum Gasteiger partial charge on any atom is 0.0659 e. The molecule has 3 nitrogen and oxygen atoms in total. The largest absolute Gasteiger partial charge is 0.183 e. The first-order valence-electron chi connectivity index (χ1n) is 3.91. The highest BCUT2D eigenvalue weighted by Crippen LogP contribution is 2.14. The van der Waals surface area contributed by atoms with Gasteiger partial charge in [0.05, 0.1) is 6.04 Å². The molecule has 1 aliphatic heterocycles. The minimum Gasteiger partial charge on any atom is -0.183 e. The van der Waals surface area contributed by atoms with Crippen LogP contribution in [0, 0.1) is 5.41 Å². The fourth-order valence-electron chi connectivity index (χ4n) is 0.746. The highest BCUT2D eigenvalue weighted by atomic mass is 15.7. The molecule has 0 unspecified atom stereocenters. The SMILES string of the molecule is CC(C)N1N=CC(C)(C)C=N1. The van der Waals surface area contributed by atoms with E-state index >= 15 is 0 Å². The van der Waals surface area contributed by atoms with E-state index in [0.29, 0.717) is 6.04 Å². The van der Waals surface area contributed by atoms with Crippen molar-refractivity contribution in [2.24, 2.45) is 15.6 Å². The van der Waals surface area contributed by atoms with Gasteiger partial charge in [-0.2, -0.15) is 15.3 Å². The van der Waals surface area contributed by atoms with E-state index in [9.17, 15) is 0 Å². The molecule has 62 valence electrons. The van der Waals surface area contributed by atoms with Crippen molar-refractivity contribution in [3.63, 3.8) is 0 Å². The van der Waals surface area contributed by atoms with Crippen LogP contribution in [-0.2, 0) is 0 Å². The fraction of sp³-hybridized carbons (Fsp3) is 0.750. The van der Waals surface area contributed by atoms with E-state index in [-0.39, 0.29) is 5.41 Å². The van der Waals surface area contributed by atoms with Crippen LogP contribution in [0.3, 0.4) is 0 Å². The zero-order valence-corrected chi connectivity index (χ0v) is 7.57. The van der Waals surface area contributed by atoms with Crippen molar-refractivity contribution in [3.05, 3.63) is 0 Å². The van der Waals surface area contributed by atoms with Gasteiger partial charge in [-0.1, -0.05) is 0 Å². The second-order valence-corrected chi connectivity index (χ2v) is 3.72. The van der Waals surface area contributed by atoms with Crippen LogP contribution in [0.1, 0.15) is 27.7 Å². The molecule has 0 amide bonds. The standard InChI is InChI=1S/C8H15N3/c1-7(2)11-9-5-8(3,4)6-10-11/h5-7H,1-4H3. The lowest BCUT2D eigenvalue weighted by Crippen LogP contribution is -2.29. The van der Waals surface area contributed by atoms with Crippen LogP contribution in [0.4, 0.5) is 0 Å². The first-order valence-corrected chi connectivity index (χ1v) is 3.91. The summed E-state index contributed by atoms with van der Waals surface area (Å²) in [4.78, 5) is 0. The van der Waals surface area contributed by atoms with Crippen LogP contribution in [0.2, 0.25) is 0 Å². The molecule has 0 fully saturated rings. The molecular formula is C8H15N3. The lowest BCUT2D eigenvalue weighted by molar-refractivity contribution is 0.238. The first-order chi connectivity index (χ1) is 5.01. The smallest absolute Gasteiger partial charge is 0.0659 e. The van der Waals surface area contributed by atoms with Crippen LogP contribution >= 0.6 is 0 Å². The third-order valence-corrected chi connectivity index (χ3v) is 1.48. The monoisotopic (exact) mass is 153 g/mol. The summed E-state index contributed by atoms with van der Waals surface area (Å²) in [5.74, 6) is 0. The van der Waals surface area contributed by atoms with Crippen LogP contribution < -0.4 is 0 Å². The quantitative estimate of drug-likeness (QED) is 0.563. The van der Waals surface area contributed by atoms with Gasteiger partial charge in [0.25, 0.3) is 0 Å². The Kier molecular flexibility index (Phi) is 1.98. The van der Waals surface area contributed by atoms with E-state index in [0.717, 1.165) is 0 Å². The molecule has 1 rings (SSSR count). The normalized spacial score (nSPS) is 21.4. The molecule has 0 radical (unpaired) electrons.